The van der Waals surface area contributed by atoms with Gasteiger partial charge in [0.1, 0.15) is 0 Å². The van der Waals surface area contributed by atoms with Crippen molar-refractivity contribution in [3.8, 4) is 41.8 Å². The molecule has 0 radical (unpaired) electrons. The summed E-state index contributed by atoms with van der Waals surface area (Å²) in [4.78, 5) is 2.12. The summed E-state index contributed by atoms with van der Waals surface area (Å²) in [6.07, 6.45) is 0. The van der Waals surface area contributed by atoms with Crippen LogP contribution < -0.4 is 5.73 Å². The van der Waals surface area contributed by atoms with E-state index in [4.69, 9.17) is 5.73 Å². The Morgan fingerprint density at radius 2 is 1.00 bits per heavy atom. The van der Waals surface area contributed by atoms with Crippen LogP contribution in [0.2, 0.25) is 0 Å². The number of halogens is 4. The van der Waals surface area contributed by atoms with E-state index >= 15 is 17.6 Å². The monoisotopic (exact) mass is 547 g/mol. The molecule has 5 aromatic rings. The molecule has 0 fully saturated rings. The first-order valence-electron chi connectivity index (χ1n) is 12.2. The summed E-state index contributed by atoms with van der Waals surface area (Å²) in [5.74, 6) is -6.56. The Kier molecular flexibility index (Phi) is 4.72. The highest BCUT2D eigenvalue weighted by Gasteiger charge is 2.54. The van der Waals surface area contributed by atoms with Gasteiger partial charge in [-0.25, -0.2) is 0 Å². The van der Waals surface area contributed by atoms with E-state index in [0.29, 0.717) is 25.2 Å². The lowest BCUT2D eigenvalue weighted by atomic mass is 9.88. The second-order valence-electron chi connectivity index (χ2n) is 10.1. The molecule has 2 aliphatic rings. The molecule has 2 N–H and O–H groups in total. The maximum absolute atomic E-state index is 16.1. The van der Waals surface area contributed by atoms with Crippen LogP contribution in [0, 0.1) is 20.8 Å². The van der Waals surface area contributed by atoms with Crippen molar-refractivity contribution in [1.82, 2.24) is 0 Å². The molecular weight excluding hydrogens is 526 g/mol. The van der Waals surface area contributed by atoms with Crippen LogP contribution in [0.15, 0.2) is 60.7 Å². The summed E-state index contributed by atoms with van der Waals surface area (Å²) >= 11 is 2.47. The van der Waals surface area contributed by atoms with Crippen molar-refractivity contribution >= 4 is 28.4 Å². The average molecular weight is 548 g/mol. The van der Waals surface area contributed by atoms with Crippen LogP contribution in [-0.4, -0.2) is 0 Å². The number of anilines is 1. The summed E-state index contributed by atoms with van der Waals surface area (Å²) in [7, 11) is 0. The van der Waals surface area contributed by atoms with Gasteiger partial charge in [-0.15, -0.1) is 22.7 Å². The van der Waals surface area contributed by atoms with E-state index in [1.54, 1.807) is 38.1 Å². The van der Waals surface area contributed by atoms with Gasteiger partial charge in [0.15, 0.2) is 0 Å². The number of hydrogen-bond acceptors (Lipinski definition) is 3. The molecule has 190 valence electrons. The van der Waals surface area contributed by atoms with Gasteiger partial charge in [0.2, 0.25) is 0 Å². The quantitative estimate of drug-likeness (QED) is 0.173. The van der Waals surface area contributed by atoms with Crippen LogP contribution in [0.4, 0.5) is 23.2 Å². The summed E-state index contributed by atoms with van der Waals surface area (Å²) in [5, 5.41) is 0. The lowest BCUT2D eigenvalue weighted by Crippen LogP contribution is -2.16. The van der Waals surface area contributed by atoms with Crippen molar-refractivity contribution < 1.29 is 17.6 Å². The van der Waals surface area contributed by atoms with Gasteiger partial charge >= 0.3 is 11.8 Å². The fraction of sp³-hybridized carbons (Fsp3) is 0.161. The third-order valence-electron chi connectivity index (χ3n) is 7.75. The average Bonchev–Trinajstić information content (AvgIpc) is 3.59. The zero-order valence-corrected chi connectivity index (χ0v) is 22.3. The first kappa shape index (κ1) is 23.7. The Labute approximate surface area is 225 Å². The van der Waals surface area contributed by atoms with Crippen molar-refractivity contribution in [3.63, 3.8) is 0 Å². The van der Waals surface area contributed by atoms with Gasteiger partial charge in [-0.05, 0) is 67.3 Å². The molecule has 0 bridgehead atoms. The standard InChI is InChI=1S/C31H21F4NS2/c1-14-4-6-17(7-5-14)22-12-20-28(37-22)24-15(2)27-25(16(3)26(24)30(20,32)33)29-21(31(27,34)35)13-23(38-29)18-8-10-19(36)11-9-18/h4-13H,36H2,1-3H3. The first-order chi connectivity index (χ1) is 18.0. The van der Waals surface area contributed by atoms with Crippen molar-refractivity contribution in [3.05, 3.63) is 99.6 Å². The molecule has 2 aromatic heterocycles. The largest absolute Gasteiger partial charge is 0.399 e. The Balaban J connectivity index is 1.45. The number of thiophene rings is 2. The summed E-state index contributed by atoms with van der Waals surface area (Å²) in [6, 6.07) is 17.7. The maximum Gasteiger partial charge on any atom is 0.300 e. The molecular formula is C31H21F4NS2. The molecule has 0 atom stereocenters. The molecule has 0 spiro atoms. The zero-order valence-electron chi connectivity index (χ0n) is 20.7. The molecule has 0 saturated heterocycles. The number of benzene rings is 3. The molecule has 3 aromatic carbocycles. The fourth-order valence-electron chi connectivity index (χ4n) is 5.89. The molecule has 7 rings (SSSR count). The van der Waals surface area contributed by atoms with Crippen molar-refractivity contribution in [2.45, 2.75) is 32.6 Å². The van der Waals surface area contributed by atoms with Gasteiger partial charge in [0.25, 0.3) is 0 Å². The minimum Gasteiger partial charge on any atom is -0.399 e. The molecule has 0 unspecified atom stereocenters. The van der Waals surface area contributed by atoms with Crippen molar-refractivity contribution in [2.24, 2.45) is 0 Å². The highest BCUT2D eigenvalue weighted by Crippen LogP contribution is 2.65. The normalized spacial score (nSPS) is 15.8. The number of fused-ring (bicyclic) bond motifs is 6. The second-order valence-corrected chi connectivity index (χ2v) is 12.2. The summed E-state index contributed by atoms with van der Waals surface area (Å²) < 4.78 is 64.5. The van der Waals surface area contributed by atoms with Crippen LogP contribution in [-0.2, 0) is 11.8 Å². The predicted octanol–water partition coefficient (Wildman–Crippen LogP) is 9.89. The molecule has 2 heterocycles. The first-order valence-corrected chi connectivity index (χ1v) is 13.8. The predicted molar refractivity (Wildman–Crippen MR) is 149 cm³/mol. The highest BCUT2D eigenvalue weighted by molar-refractivity contribution is 7.19. The van der Waals surface area contributed by atoms with E-state index in [2.05, 4.69) is 0 Å². The number of aryl methyl sites for hydroxylation is 1. The molecule has 38 heavy (non-hydrogen) atoms. The summed E-state index contributed by atoms with van der Waals surface area (Å²) in [5.41, 5.74) is 9.52. The molecule has 1 nitrogen and oxygen atoms in total. The van der Waals surface area contributed by atoms with Gasteiger partial charge in [0, 0.05) is 58.6 Å². The van der Waals surface area contributed by atoms with Crippen molar-refractivity contribution in [2.75, 3.05) is 5.73 Å². The minimum atomic E-state index is -3.29. The van der Waals surface area contributed by atoms with E-state index in [1.807, 2.05) is 31.2 Å². The van der Waals surface area contributed by atoms with E-state index in [-0.39, 0.29) is 44.5 Å². The van der Waals surface area contributed by atoms with Gasteiger partial charge in [-0.3, -0.25) is 0 Å². The van der Waals surface area contributed by atoms with Crippen LogP contribution in [0.3, 0.4) is 0 Å². The molecule has 0 amide bonds. The van der Waals surface area contributed by atoms with E-state index in [9.17, 15) is 0 Å². The Hall–Kier alpha value is -3.42. The lowest BCUT2D eigenvalue weighted by molar-refractivity contribution is 0.0444. The number of nitrogen functional groups attached to an aromatic ring is 1. The number of alkyl halides is 4. The van der Waals surface area contributed by atoms with Gasteiger partial charge in [-0.1, -0.05) is 42.0 Å². The molecule has 7 heteroatoms. The minimum absolute atomic E-state index is 0.0970. The fourth-order valence-corrected chi connectivity index (χ4v) is 8.50. The lowest BCUT2D eigenvalue weighted by Gasteiger charge is -2.22. The Bertz CT molecular complexity index is 1660. The highest BCUT2D eigenvalue weighted by atomic mass is 32.1. The second kappa shape index (κ2) is 7.58. The van der Waals surface area contributed by atoms with Gasteiger partial charge < -0.3 is 5.73 Å². The number of nitrogens with two attached hydrogens (primary N) is 1. The number of hydrogen-bond donors (Lipinski definition) is 1. The van der Waals surface area contributed by atoms with E-state index in [1.165, 1.54) is 34.8 Å². The Morgan fingerprint density at radius 3 is 1.42 bits per heavy atom. The third-order valence-corrected chi connectivity index (χ3v) is 10.2. The Morgan fingerprint density at radius 1 is 0.605 bits per heavy atom. The molecule has 0 aliphatic heterocycles. The number of rotatable bonds is 2. The maximum atomic E-state index is 16.1. The van der Waals surface area contributed by atoms with Crippen LogP contribution >= 0.6 is 22.7 Å². The third kappa shape index (κ3) is 2.97. The van der Waals surface area contributed by atoms with Crippen LogP contribution in [0.5, 0.6) is 0 Å². The molecule has 0 saturated carbocycles. The van der Waals surface area contributed by atoms with Gasteiger partial charge in [0.05, 0.1) is 0 Å². The topological polar surface area (TPSA) is 26.0 Å². The SMILES string of the molecule is Cc1ccc(-c2cc3c(s2)-c2c(C)c4c(c(C)c2C3(F)F)-c2sc(-c3ccc(N)cc3)cc2C4(F)F)cc1. The molecule has 2 aliphatic carbocycles. The van der Waals surface area contributed by atoms with Gasteiger partial charge in [-0.2, -0.15) is 17.6 Å². The van der Waals surface area contributed by atoms with E-state index < -0.39 is 11.8 Å². The van der Waals surface area contributed by atoms with Crippen LogP contribution in [0.25, 0.3) is 41.8 Å². The summed E-state index contributed by atoms with van der Waals surface area (Å²) in [6.45, 7) is 5.10. The smallest absolute Gasteiger partial charge is 0.300 e. The van der Waals surface area contributed by atoms with E-state index in [0.717, 1.165) is 16.7 Å². The van der Waals surface area contributed by atoms with Crippen molar-refractivity contribution in [1.29, 1.82) is 0 Å². The van der Waals surface area contributed by atoms with Crippen LogP contribution in [0.1, 0.15) is 38.9 Å². The zero-order chi connectivity index (χ0) is 26.7.